The van der Waals surface area contributed by atoms with Crippen LogP contribution in [0.1, 0.15) is 13.3 Å². The van der Waals surface area contributed by atoms with Crippen LogP contribution in [0.4, 0.5) is 4.39 Å². The van der Waals surface area contributed by atoms with Crippen molar-refractivity contribution in [3.05, 3.63) is 30.3 Å². The lowest BCUT2D eigenvalue weighted by atomic mass is 10.2. The Labute approximate surface area is 114 Å². The van der Waals surface area contributed by atoms with E-state index >= 15 is 0 Å². The molecule has 0 unspecified atom stereocenters. The zero-order chi connectivity index (χ0) is 13.8. The van der Waals surface area contributed by atoms with Crippen LogP contribution in [-0.4, -0.2) is 28.3 Å². The van der Waals surface area contributed by atoms with Gasteiger partial charge in [-0.25, -0.2) is 14.4 Å². The maximum absolute atomic E-state index is 13.8. The topological polar surface area (TPSA) is 52.1 Å². The average molecular weight is 280 g/mol. The molecule has 0 saturated carbocycles. The highest BCUT2D eigenvalue weighted by atomic mass is 32.2. The number of carbonyl (C=O) groups is 1. The van der Waals surface area contributed by atoms with E-state index in [9.17, 15) is 9.18 Å². The summed E-state index contributed by atoms with van der Waals surface area (Å²) >= 11 is 1.34. The molecule has 0 saturated heterocycles. The Bertz CT molecular complexity index is 601. The quantitative estimate of drug-likeness (QED) is 0.489. The van der Waals surface area contributed by atoms with Crippen molar-refractivity contribution in [3.8, 4) is 0 Å². The molecule has 0 spiro atoms. The van der Waals surface area contributed by atoms with E-state index in [4.69, 9.17) is 0 Å². The number of benzene rings is 1. The fraction of sp³-hybridized carbons (Fsp3) is 0.308. The minimum absolute atomic E-state index is 0.0508. The number of ether oxygens (including phenoxy) is 1. The first-order chi connectivity index (χ1) is 9.11. The first kappa shape index (κ1) is 13.7. The van der Waals surface area contributed by atoms with Crippen molar-refractivity contribution >= 4 is 28.6 Å². The summed E-state index contributed by atoms with van der Waals surface area (Å²) in [6, 6.07) is 4.72. The number of aromatic nitrogens is 2. The monoisotopic (exact) mass is 280 g/mol. The van der Waals surface area contributed by atoms with E-state index in [-0.39, 0.29) is 23.5 Å². The number of thioether (sulfide) groups is 1. The van der Waals surface area contributed by atoms with Gasteiger partial charge in [0, 0.05) is 5.25 Å². The van der Waals surface area contributed by atoms with Crippen LogP contribution in [0.3, 0.4) is 0 Å². The van der Waals surface area contributed by atoms with Crippen LogP contribution in [0.5, 0.6) is 0 Å². The number of hydrogen-bond donors (Lipinski definition) is 0. The van der Waals surface area contributed by atoms with Gasteiger partial charge in [0.15, 0.2) is 0 Å². The number of fused-ring (bicyclic) bond motifs is 1. The Morgan fingerprint density at radius 3 is 3.00 bits per heavy atom. The highest BCUT2D eigenvalue weighted by molar-refractivity contribution is 8.00. The summed E-state index contributed by atoms with van der Waals surface area (Å²) in [6.07, 6.45) is 1.65. The molecule has 2 rings (SSSR count). The Morgan fingerprint density at radius 1 is 1.47 bits per heavy atom. The van der Waals surface area contributed by atoms with Crippen molar-refractivity contribution in [2.45, 2.75) is 23.6 Å². The zero-order valence-corrected chi connectivity index (χ0v) is 11.4. The number of hydrogen-bond acceptors (Lipinski definition) is 5. The second-order valence-electron chi connectivity index (χ2n) is 4.02. The molecule has 19 heavy (non-hydrogen) atoms. The van der Waals surface area contributed by atoms with E-state index in [0.717, 1.165) is 0 Å². The Balaban J connectivity index is 2.28. The van der Waals surface area contributed by atoms with Gasteiger partial charge in [0.05, 0.1) is 24.4 Å². The van der Waals surface area contributed by atoms with Crippen molar-refractivity contribution in [1.29, 1.82) is 0 Å². The van der Waals surface area contributed by atoms with Gasteiger partial charge in [-0.2, -0.15) is 0 Å². The van der Waals surface area contributed by atoms with E-state index in [1.54, 1.807) is 12.1 Å². The van der Waals surface area contributed by atoms with Crippen LogP contribution in [0.25, 0.3) is 10.9 Å². The average Bonchev–Trinajstić information content (AvgIpc) is 2.38. The van der Waals surface area contributed by atoms with Crippen LogP contribution >= 0.6 is 11.8 Å². The van der Waals surface area contributed by atoms with Gasteiger partial charge in [-0.15, -0.1) is 11.8 Å². The molecule has 0 bridgehead atoms. The second kappa shape index (κ2) is 5.97. The van der Waals surface area contributed by atoms with Gasteiger partial charge in [0.25, 0.3) is 0 Å². The van der Waals surface area contributed by atoms with E-state index in [1.807, 2.05) is 6.92 Å². The Kier molecular flexibility index (Phi) is 4.31. The zero-order valence-electron chi connectivity index (χ0n) is 10.6. The summed E-state index contributed by atoms with van der Waals surface area (Å²) in [6.45, 7) is 1.87. The smallest absolute Gasteiger partial charge is 0.306 e. The van der Waals surface area contributed by atoms with E-state index < -0.39 is 0 Å². The van der Waals surface area contributed by atoms with Crippen LogP contribution in [0.2, 0.25) is 0 Å². The van der Waals surface area contributed by atoms with Crippen LogP contribution in [-0.2, 0) is 9.53 Å². The molecule has 0 fully saturated rings. The van der Waals surface area contributed by atoms with E-state index in [2.05, 4.69) is 14.7 Å². The van der Waals surface area contributed by atoms with Gasteiger partial charge < -0.3 is 4.74 Å². The van der Waals surface area contributed by atoms with Gasteiger partial charge in [-0.3, -0.25) is 4.79 Å². The highest BCUT2D eigenvalue weighted by Gasteiger charge is 2.15. The summed E-state index contributed by atoms with van der Waals surface area (Å²) in [5, 5.41) is 0.886. The Hall–Kier alpha value is -1.69. The molecule has 6 heteroatoms. The molecule has 0 aliphatic heterocycles. The molecule has 100 valence electrons. The van der Waals surface area contributed by atoms with Crippen molar-refractivity contribution in [2.24, 2.45) is 0 Å². The molecule has 4 nitrogen and oxygen atoms in total. The molecule has 0 N–H and O–H groups in total. The number of halogens is 1. The van der Waals surface area contributed by atoms with E-state index in [0.29, 0.717) is 15.9 Å². The SMILES string of the molecule is COC(=O)C[C@H](C)Sc1ncnc2cccc(F)c12. The minimum Gasteiger partial charge on any atom is -0.469 e. The summed E-state index contributed by atoms with van der Waals surface area (Å²) in [5.41, 5.74) is 0.558. The van der Waals surface area contributed by atoms with Gasteiger partial charge in [-0.05, 0) is 12.1 Å². The molecule has 0 aliphatic rings. The number of nitrogens with zero attached hydrogens (tertiary/aromatic N) is 2. The molecule has 0 radical (unpaired) electrons. The number of rotatable bonds is 4. The largest absolute Gasteiger partial charge is 0.469 e. The standard InChI is InChI=1S/C13H13FN2O2S/c1-8(6-11(17)18-2)19-13-12-9(14)4-3-5-10(12)15-7-16-13/h3-5,7-8H,6H2,1-2H3/t8-/m0/s1. The summed E-state index contributed by atoms with van der Waals surface area (Å²) in [7, 11) is 1.35. The molecule has 1 atom stereocenters. The van der Waals surface area contributed by atoms with Crippen molar-refractivity contribution in [3.63, 3.8) is 0 Å². The third kappa shape index (κ3) is 3.20. The maximum Gasteiger partial charge on any atom is 0.306 e. The molecule has 2 aromatic rings. The van der Waals surface area contributed by atoms with Gasteiger partial charge in [0.1, 0.15) is 17.2 Å². The second-order valence-corrected chi connectivity index (χ2v) is 5.45. The van der Waals surface area contributed by atoms with Gasteiger partial charge >= 0.3 is 5.97 Å². The molecular weight excluding hydrogens is 267 g/mol. The third-order valence-electron chi connectivity index (χ3n) is 2.57. The summed E-state index contributed by atoms with van der Waals surface area (Å²) < 4.78 is 18.5. The summed E-state index contributed by atoms with van der Waals surface area (Å²) in [5.74, 6) is -0.648. The molecule has 0 aliphatic carbocycles. The predicted molar refractivity (Wildman–Crippen MR) is 71.4 cm³/mol. The lowest BCUT2D eigenvalue weighted by Crippen LogP contribution is -2.08. The Morgan fingerprint density at radius 2 is 2.26 bits per heavy atom. The fourth-order valence-corrected chi connectivity index (χ4v) is 2.71. The highest BCUT2D eigenvalue weighted by Crippen LogP contribution is 2.30. The number of esters is 1. The van der Waals surface area contributed by atoms with Crippen LogP contribution in [0.15, 0.2) is 29.6 Å². The van der Waals surface area contributed by atoms with Crippen LogP contribution < -0.4 is 0 Å². The molecular formula is C13H13FN2O2S. The first-order valence-electron chi connectivity index (χ1n) is 5.74. The van der Waals surface area contributed by atoms with Crippen LogP contribution in [0, 0.1) is 5.82 Å². The van der Waals surface area contributed by atoms with Crippen molar-refractivity contribution in [2.75, 3.05) is 7.11 Å². The number of carbonyl (C=O) groups excluding carboxylic acids is 1. The lowest BCUT2D eigenvalue weighted by molar-refractivity contribution is -0.140. The van der Waals surface area contributed by atoms with Gasteiger partial charge in [0.2, 0.25) is 0 Å². The maximum atomic E-state index is 13.8. The fourth-order valence-electron chi connectivity index (χ4n) is 1.68. The number of methoxy groups -OCH3 is 1. The molecule has 1 aromatic carbocycles. The van der Waals surface area contributed by atoms with E-state index in [1.165, 1.54) is 31.3 Å². The van der Waals surface area contributed by atoms with Crippen molar-refractivity contribution in [1.82, 2.24) is 9.97 Å². The first-order valence-corrected chi connectivity index (χ1v) is 6.62. The van der Waals surface area contributed by atoms with Crippen molar-refractivity contribution < 1.29 is 13.9 Å². The lowest BCUT2D eigenvalue weighted by Gasteiger charge is -2.10. The third-order valence-corrected chi connectivity index (χ3v) is 3.67. The predicted octanol–water partition coefficient (Wildman–Crippen LogP) is 2.81. The molecule has 0 amide bonds. The summed E-state index contributed by atoms with van der Waals surface area (Å²) in [4.78, 5) is 19.3. The molecule has 1 aromatic heterocycles. The molecule has 1 heterocycles. The normalized spacial score (nSPS) is 12.4. The van der Waals surface area contributed by atoms with Gasteiger partial charge in [-0.1, -0.05) is 13.0 Å². The minimum atomic E-state index is -0.356.